The molecule has 2 rings (SSSR count). The maximum absolute atomic E-state index is 12.2. The number of rotatable bonds is 7. The van der Waals surface area contributed by atoms with Crippen molar-refractivity contribution >= 4 is 40.4 Å². The Morgan fingerprint density at radius 1 is 1.29 bits per heavy atom. The van der Waals surface area contributed by atoms with Gasteiger partial charge in [-0.1, -0.05) is 11.6 Å². The summed E-state index contributed by atoms with van der Waals surface area (Å²) >= 11 is 7.05. The number of nitrogens with one attached hydrogen (secondary N) is 2. The number of carbonyl (C=O) groups is 2. The molecule has 0 aromatic carbocycles. The van der Waals surface area contributed by atoms with Crippen molar-refractivity contribution in [3.63, 3.8) is 0 Å². The Morgan fingerprint density at radius 2 is 2.04 bits per heavy atom. The summed E-state index contributed by atoms with van der Waals surface area (Å²) < 4.78 is 2.25. The van der Waals surface area contributed by atoms with Crippen LogP contribution in [0.2, 0.25) is 4.34 Å². The molecule has 0 radical (unpaired) electrons. The number of amides is 2. The van der Waals surface area contributed by atoms with Crippen molar-refractivity contribution in [3.8, 4) is 0 Å². The van der Waals surface area contributed by atoms with Crippen LogP contribution in [0, 0.1) is 0 Å². The lowest BCUT2D eigenvalue weighted by atomic mass is 10.3. The predicted molar refractivity (Wildman–Crippen MR) is 98.2 cm³/mol. The van der Waals surface area contributed by atoms with Crippen molar-refractivity contribution in [1.82, 2.24) is 14.8 Å². The summed E-state index contributed by atoms with van der Waals surface area (Å²) in [6.07, 6.45) is 2.59. The number of nitrogens with zero attached hydrogens (tertiary/aromatic N) is 2. The smallest absolute Gasteiger partial charge is 0.267 e. The topological polar surface area (TPSA) is 66.4 Å². The number of hydrogen-bond donors (Lipinski definition) is 2. The van der Waals surface area contributed by atoms with E-state index in [0.29, 0.717) is 27.1 Å². The maximum atomic E-state index is 12.2. The van der Waals surface area contributed by atoms with E-state index in [1.165, 1.54) is 11.3 Å². The molecule has 0 saturated heterocycles. The highest BCUT2D eigenvalue weighted by molar-refractivity contribution is 7.18. The molecule has 0 bridgehead atoms. The van der Waals surface area contributed by atoms with Crippen molar-refractivity contribution in [1.29, 1.82) is 0 Å². The van der Waals surface area contributed by atoms with Crippen LogP contribution in [0.4, 0.5) is 5.69 Å². The van der Waals surface area contributed by atoms with Gasteiger partial charge < -0.3 is 20.1 Å². The molecule has 0 aliphatic rings. The van der Waals surface area contributed by atoms with Gasteiger partial charge in [0.05, 0.1) is 14.9 Å². The quantitative estimate of drug-likeness (QED) is 0.738. The molecule has 0 atom stereocenters. The molecule has 2 aromatic rings. The second kappa shape index (κ2) is 8.32. The van der Waals surface area contributed by atoms with Crippen LogP contribution < -0.4 is 10.6 Å². The first-order valence-corrected chi connectivity index (χ1v) is 8.72. The summed E-state index contributed by atoms with van der Waals surface area (Å²) in [6, 6.07) is 5.01. The summed E-state index contributed by atoms with van der Waals surface area (Å²) in [5.41, 5.74) is 1.07. The lowest BCUT2D eigenvalue weighted by molar-refractivity contribution is 0.0943. The molecule has 2 aromatic heterocycles. The molecule has 8 heteroatoms. The van der Waals surface area contributed by atoms with E-state index in [-0.39, 0.29) is 11.8 Å². The average Bonchev–Trinajstić information content (AvgIpc) is 3.09. The van der Waals surface area contributed by atoms with E-state index in [0.717, 1.165) is 13.0 Å². The number of carbonyl (C=O) groups excluding carboxylic acids is 2. The number of aryl methyl sites for hydroxylation is 1. The molecule has 2 heterocycles. The summed E-state index contributed by atoms with van der Waals surface area (Å²) in [5, 5.41) is 5.66. The third-order valence-corrected chi connectivity index (χ3v) is 4.59. The van der Waals surface area contributed by atoms with E-state index >= 15 is 0 Å². The van der Waals surface area contributed by atoms with Gasteiger partial charge in [0, 0.05) is 19.8 Å². The third kappa shape index (κ3) is 5.09. The third-order valence-electron chi connectivity index (χ3n) is 3.36. The molecule has 0 saturated carbocycles. The van der Waals surface area contributed by atoms with Crippen molar-refractivity contribution in [2.45, 2.75) is 6.42 Å². The Morgan fingerprint density at radius 3 is 2.67 bits per heavy atom. The second-order valence-electron chi connectivity index (χ2n) is 5.70. The first kappa shape index (κ1) is 18.5. The first-order valence-electron chi connectivity index (χ1n) is 7.53. The molecule has 24 heavy (non-hydrogen) atoms. The van der Waals surface area contributed by atoms with Gasteiger partial charge >= 0.3 is 0 Å². The minimum Gasteiger partial charge on any atom is -0.351 e. The fourth-order valence-electron chi connectivity index (χ4n) is 2.18. The van der Waals surface area contributed by atoms with Crippen molar-refractivity contribution in [2.24, 2.45) is 7.05 Å². The average molecular weight is 369 g/mol. The van der Waals surface area contributed by atoms with Crippen molar-refractivity contribution in [3.05, 3.63) is 39.3 Å². The van der Waals surface area contributed by atoms with Gasteiger partial charge in [-0.05, 0) is 45.3 Å². The summed E-state index contributed by atoms with van der Waals surface area (Å²) in [4.78, 5) is 26.9. The Bertz CT molecular complexity index is 723. The molecule has 0 aliphatic heterocycles. The Hall–Kier alpha value is -1.83. The lowest BCUT2D eigenvalue weighted by Crippen LogP contribution is -2.28. The van der Waals surface area contributed by atoms with Gasteiger partial charge in [-0.15, -0.1) is 11.3 Å². The molecule has 0 unspecified atom stereocenters. The van der Waals surface area contributed by atoms with Crippen LogP contribution in [0.5, 0.6) is 0 Å². The van der Waals surface area contributed by atoms with Crippen LogP contribution in [0.25, 0.3) is 0 Å². The molecule has 0 spiro atoms. The number of aromatic nitrogens is 1. The zero-order valence-corrected chi connectivity index (χ0v) is 15.5. The van der Waals surface area contributed by atoms with Crippen LogP contribution in [0.1, 0.15) is 26.6 Å². The first-order chi connectivity index (χ1) is 11.4. The van der Waals surface area contributed by atoms with E-state index in [1.807, 2.05) is 14.1 Å². The van der Waals surface area contributed by atoms with Gasteiger partial charge in [-0.2, -0.15) is 0 Å². The molecule has 0 fully saturated rings. The molecule has 2 amide bonds. The number of hydrogen-bond acceptors (Lipinski definition) is 4. The predicted octanol–water partition coefficient (Wildman–Crippen LogP) is 2.67. The van der Waals surface area contributed by atoms with Gasteiger partial charge in [-0.3, -0.25) is 9.59 Å². The van der Waals surface area contributed by atoms with Gasteiger partial charge in [0.1, 0.15) is 5.69 Å². The summed E-state index contributed by atoms with van der Waals surface area (Å²) in [6.45, 7) is 1.52. The lowest BCUT2D eigenvalue weighted by Gasteiger charge is -2.10. The SMILES string of the molecule is CN(C)CCCNC(=O)c1cc(NC(=O)c2ccc(Cl)s2)cn1C. The highest BCUT2D eigenvalue weighted by atomic mass is 35.5. The zero-order chi connectivity index (χ0) is 17.7. The normalized spacial score (nSPS) is 10.9. The molecular formula is C16H21ClN4O2S. The zero-order valence-electron chi connectivity index (χ0n) is 13.9. The Kier molecular flexibility index (Phi) is 6.42. The number of anilines is 1. The second-order valence-corrected chi connectivity index (χ2v) is 7.41. The number of halogens is 1. The van der Waals surface area contributed by atoms with E-state index in [1.54, 1.807) is 36.0 Å². The molecule has 6 nitrogen and oxygen atoms in total. The molecular weight excluding hydrogens is 348 g/mol. The van der Waals surface area contributed by atoms with E-state index in [4.69, 9.17) is 11.6 Å². The minimum absolute atomic E-state index is 0.157. The fraction of sp³-hybridized carbons (Fsp3) is 0.375. The monoisotopic (exact) mass is 368 g/mol. The maximum Gasteiger partial charge on any atom is 0.267 e. The van der Waals surface area contributed by atoms with Crippen LogP contribution in [0.3, 0.4) is 0 Å². The summed E-state index contributed by atoms with van der Waals surface area (Å²) in [7, 11) is 5.76. The van der Waals surface area contributed by atoms with E-state index < -0.39 is 0 Å². The fourth-order valence-corrected chi connectivity index (χ4v) is 3.11. The Labute approximate surface area is 150 Å². The minimum atomic E-state index is -0.240. The van der Waals surface area contributed by atoms with Gasteiger partial charge in [0.15, 0.2) is 0 Å². The summed E-state index contributed by atoms with van der Waals surface area (Å²) in [5.74, 6) is -0.397. The van der Waals surface area contributed by atoms with E-state index in [9.17, 15) is 9.59 Å². The highest BCUT2D eigenvalue weighted by Crippen LogP contribution is 2.23. The van der Waals surface area contributed by atoms with Crippen LogP contribution in [0.15, 0.2) is 24.4 Å². The molecule has 2 N–H and O–H groups in total. The van der Waals surface area contributed by atoms with Crippen molar-refractivity contribution < 1.29 is 9.59 Å². The van der Waals surface area contributed by atoms with Gasteiger partial charge in [0.25, 0.3) is 11.8 Å². The molecule has 130 valence electrons. The largest absolute Gasteiger partial charge is 0.351 e. The Balaban J connectivity index is 1.94. The highest BCUT2D eigenvalue weighted by Gasteiger charge is 2.14. The standard InChI is InChI=1S/C16H21ClN4O2S/c1-20(2)8-4-7-18-15(22)12-9-11(10-21(12)3)19-16(23)13-5-6-14(17)24-13/h5-6,9-10H,4,7-8H2,1-3H3,(H,18,22)(H,19,23). The van der Waals surface area contributed by atoms with E-state index in [2.05, 4.69) is 15.5 Å². The molecule has 0 aliphatic carbocycles. The van der Waals surface area contributed by atoms with Crippen molar-refractivity contribution in [2.75, 3.05) is 32.5 Å². The van der Waals surface area contributed by atoms with Gasteiger partial charge in [-0.25, -0.2) is 0 Å². The van der Waals surface area contributed by atoms with Crippen LogP contribution in [-0.2, 0) is 7.05 Å². The number of thiophene rings is 1. The van der Waals surface area contributed by atoms with Crippen LogP contribution in [-0.4, -0.2) is 48.5 Å². The van der Waals surface area contributed by atoms with Crippen LogP contribution >= 0.6 is 22.9 Å². The van der Waals surface area contributed by atoms with Gasteiger partial charge in [0.2, 0.25) is 0 Å².